The molecule has 0 aromatic heterocycles. The lowest BCUT2D eigenvalue weighted by molar-refractivity contribution is -0.0457. The van der Waals surface area contributed by atoms with Crippen molar-refractivity contribution in [3.63, 3.8) is 0 Å². The summed E-state index contributed by atoms with van der Waals surface area (Å²) in [4.78, 5) is 0. The number of alkyl halides is 6. The molecule has 0 fully saturated rings. The lowest BCUT2D eigenvalue weighted by Gasteiger charge is -2.27. The summed E-state index contributed by atoms with van der Waals surface area (Å²) >= 11 is 0. The molecule has 0 aliphatic carbocycles. The Morgan fingerprint density at radius 3 is 1.19 bits per heavy atom. The summed E-state index contributed by atoms with van der Waals surface area (Å²) in [6, 6.07) is 19.3. The van der Waals surface area contributed by atoms with E-state index in [1.165, 1.54) is 0 Å². The average molecular weight is 719 g/mol. The van der Waals surface area contributed by atoms with E-state index in [0.717, 1.165) is 21.5 Å². The largest absolute Gasteiger partial charge is 0.511 e. The summed E-state index contributed by atoms with van der Waals surface area (Å²) in [6.07, 6.45) is 0. The molecule has 48 heavy (non-hydrogen) atoms. The average Bonchev–Trinajstić information content (AvgIpc) is 2.99. The van der Waals surface area contributed by atoms with Gasteiger partial charge in [-0.3, -0.25) is 0 Å². The normalized spacial score (nSPS) is 14.5. The molecule has 4 rings (SSSR count). The van der Waals surface area contributed by atoms with Crippen molar-refractivity contribution < 1.29 is 43.2 Å². The summed E-state index contributed by atoms with van der Waals surface area (Å²) in [6.45, 7) is 5.88. The molecule has 0 radical (unpaired) electrons. The van der Waals surface area contributed by atoms with Crippen LogP contribution in [0.1, 0.15) is 27.7 Å². The first-order valence-corrected chi connectivity index (χ1v) is 17.9. The molecule has 0 unspecified atom stereocenters. The van der Waals surface area contributed by atoms with E-state index in [9.17, 15) is 43.2 Å². The van der Waals surface area contributed by atoms with Gasteiger partial charge in [0.2, 0.25) is 0 Å². The summed E-state index contributed by atoms with van der Waals surface area (Å²) in [5.41, 5.74) is -8.93. The van der Waals surface area contributed by atoms with Crippen LogP contribution in [-0.4, -0.2) is 53.0 Å². The van der Waals surface area contributed by atoms with Crippen LogP contribution in [0.2, 0.25) is 0 Å². The standard InChI is InChI=1S/C32H36F6N4O4S2/c1-19(2)27(41-47(43,44)31(33,34)35)17-39-25-15-13-21-9-5-7-11-23(21)29(25)30-24-12-8-6-10-22(24)14-16-26(30)40-18-28(20(3)4)42-48(45,46)32(36,37)38/h5-16,19-20,27-28,39-42H,17-18H2,1-4H3/t27-,28-/m1/s1. The van der Waals surface area contributed by atoms with Gasteiger partial charge in [0, 0.05) is 47.7 Å². The minimum absolute atomic E-state index is 0.222. The molecule has 4 aromatic carbocycles. The van der Waals surface area contributed by atoms with E-state index in [1.54, 1.807) is 73.5 Å². The van der Waals surface area contributed by atoms with E-state index in [-0.39, 0.29) is 13.1 Å². The highest BCUT2D eigenvalue weighted by molar-refractivity contribution is 7.90. The number of fused-ring (bicyclic) bond motifs is 2. The molecule has 0 heterocycles. The number of hydrogen-bond acceptors (Lipinski definition) is 6. The van der Waals surface area contributed by atoms with E-state index >= 15 is 0 Å². The minimum atomic E-state index is -5.64. The topological polar surface area (TPSA) is 116 Å². The molecule has 8 nitrogen and oxygen atoms in total. The van der Waals surface area contributed by atoms with Crippen LogP contribution in [-0.2, 0) is 20.0 Å². The van der Waals surface area contributed by atoms with Crippen LogP contribution in [0.15, 0.2) is 72.8 Å². The Balaban J connectivity index is 1.84. The lowest BCUT2D eigenvalue weighted by Crippen LogP contribution is -2.48. The van der Waals surface area contributed by atoms with Crippen LogP contribution in [0.3, 0.4) is 0 Å². The van der Waals surface area contributed by atoms with Crippen molar-refractivity contribution in [2.75, 3.05) is 23.7 Å². The van der Waals surface area contributed by atoms with Gasteiger partial charge in [-0.05, 0) is 45.5 Å². The van der Waals surface area contributed by atoms with Crippen LogP contribution < -0.4 is 20.1 Å². The Morgan fingerprint density at radius 2 is 0.875 bits per heavy atom. The second kappa shape index (κ2) is 14.1. The van der Waals surface area contributed by atoms with Crippen molar-refractivity contribution >= 4 is 53.0 Å². The van der Waals surface area contributed by atoms with Gasteiger partial charge in [0.15, 0.2) is 0 Å². The second-order valence-corrected chi connectivity index (χ2v) is 15.4. The van der Waals surface area contributed by atoms with Gasteiger partial charge in [0.05, 0.1) is 0 Å². The van der Waals surface area contributed by atoms with Crippen molar-refractivity contribution in [1.29, 1.82) is 0 Å². The molecule has 4 aromatic rings. The van der Waals surface area contributed by atoms with Crippen LogP contribution in [0.5, 0.6) is 0 Å². The molecular weight excluding hydrogens is 682 g/mol. The smallest absolute Gasteiger partial charge is 0.383 e. The number of halogens is 6. The van der Waals surface area contributed by atoms with Gasteiger partial charge in [-0.15, -0.1) is 0 Å². The Kier molecular flexibility index (Phi) is 10.9. The molecule has 4 N–H and O–H groups in total. The zero-order valence-electron chi connectivity index (χ0n) is 26.4. The molecule has 0 aliphatic heterocycles. The van der Waals surface area contributed by atoms with E-state index in [2.05, 4.69) is 10.6 Å². The van der Waals surface area contributed by atoms with Gasteiger partial charge in [0.25, 0.3) is 0 Å². The lowest BCUT2D eigenvalue weighted by atomic mass is 9.90. The van der Waals surface area contributed by atoms with E-state index in [4.69, 9.17) is 0 Å². The maximum Gasteiger partial charge on any atom is 0.511 e. The third kappa shape index (κ3) is 8.15. The molecule has 2 atom stereocenters. The summed E-state index contributed by atoms with van der Waals surface area (Å²) in [7, 11) is -11.3. The molecular formula is C32H36F6N4O4S2. The number of anilines is 2. The van der Waals surface area contributed by atoms with Crippen molar-refractivity contribution in [3.05, 3.63) is 72.8 Å². The number of sulfonamides is 2. The quantitative estimate of drug-likeness (QED) is 0.107. The van der Waals surface area contributed by atoms with Crippen molar-refractivity contribution in [2.45, 2.75) is 50.8 Å². The number of benzene rings is 4. The fourth-order valence-corrected chi connectivity index (χ4v) is 6.95. The predicted molar refractivity (Wildman–Crippen MR) is 177 cm³/mol. The van der Waals surface area contributed by atoms with Crippen molar-refractivity contribution in [3.8, 4) is 11.1 Å². The molecule has 16 heteroatoms. The summed E-state index contributed by atoms with van der Waals surface area (Å²) < 4.78 is 131. The van der Waals surface area contributed by atoms with Gasteiger partial charge < -0.3 is 10.6 Å². The number of nitrogens with one attached hydrogen (secondary N) is 4. The fraction of sp³-hybridized carbons (Fsp3) is 0.375. The van der Waals surface area contributed by atoms with Gasteiger partial charge in [0.1, 0.15) is 0 Å². The van der Waals surface area contributed by atoms with E-state index in [1.807, 2.05) is 36.4 Å². The molecule has 0 aliphatic rings. The third-order valence-electron chi connectivity index (χ3n) is 7.96. The first kappa shape index (κ1) is 37.2. The maximum atomic E-state index is 13.2. The minimum Gasteiger partial charge on any atom is -0.383 e. The van der Waals surface area contributed by atoms with Gasteiger partial charge in [-0.2, -0.15) is 26.3 Å². The van der Waals surface area contributed by atoms with Crippen LogP contribution in [0.25, 0.3) is 32.7 Å². The Morgan fingerprint density at radius 1 is 0.542 bits per heavy atom. The molecule has 0 spiro atoms. The van der Waals surface area contributed by atoms with Crippen molar-refractivity contribution in [1.82, 2.24) is 9.44 Å². The highest BCUT2D eigenvalue weighted by Gasteiger charge is 2.48. The zero-order valence-corrected chi connectivity index (χ0v) is 28.0. The fourth-order valence-electron chi connectivity index (χ4n) is 5.18. The van der Waals surface area contributed by atoms with E-state index in [0.29, 0.717) is 22.5 Å². The van der Waals surface area contributed by atoms with Crippen LogP contribution in [0, 0.1) is 11.8 Å². The highest BCUT2D eigenvalue weighted by Crippen LogP contribution is 2.43. The van der Waals surface area contributed by atoms with Crippen LogP contribution in [0.4, 0.5) is 37.7 Å². The van der Waals surface area contributed by atoms with Crippen molar-refractivity contribution in [2.24, 2.45) is 11.8 Å². The Hall–Kier alpha value is -3.60. The molecule has 0 amide bonds. The second-order valence-electron chi connectivity index (χ2n) is 12.0. The van der Waals surface area contributed by atoms with Gasteiger partial charge in [-0.25, -0.2) is 26.3 Å². The highest BCUT2D eigenvalue weighted by atomic mass is 32.2. The monoisotopic (exact) mass is 718 g/mol. The number of rotatable bonds is 13. The first-order chi connectivity index (χ1) is 22.2. The molecule has 262 valence electrons. The Bertz CT molecular complexity index is 1840. The predicted octanol–water partition coefficient (Wildman–Crippen LogP) is 7.41. The third-order valence-corrected chi connectivity index (χ3v) is 10.4. The Labute approximate surface area is 275 Å². The molecule has 0 saturated carbocycles. The van der Waals surface area contributed by atoms with E-state index < -0.39 is 55.0 Å². The molecule has 0 bridgehead atoms. The zero-order chi connectivity index (χ0) is 35.7. The summed E-state index contributed by atoms with van der Waals surface area (Å²) in [5, 5.41) is 9.32. The maximum absolute atomic E-state index is 13.2. The van der Waals surface area contributed by atoms with Crippen LogP contribution >= 0.6 is 0 Å². The first-order valence-electron chi connectivity index (χ1n) is 14.9. The molecule has 0 saturated heterocycles. The van der Waals surface area contributed by atoms with Gasteiger partial charge >= 0.3 is 31.1 Å². The summed E-state index contributed by atoms with van der Waals surface area (Å²) in [5.74, 6) is -1.08. The number of hydrogen-bond donors (Lipinski definition) is 4. The SMILES string of the molecule is CC(C)[C@@H](CNc1ccc2ccccc2c1-c1c(NC[C@@H](NS(=O)(=O)C(F)(F)F)C(C)C)ccc2ccccc12)NS(=O)(=O)C(F)(F)F. The van der Waals surface area contributed by atoms with Gasteiger partial charge in [-0.1, -0.05) is 88.4 Å².